The van der Waals surface area contributed by atoms with Crippen LogP contribution in [0, 0.1) is 0 Å². The molecule has 1 fully saturated rings. The van der Waals surface area contributed by atoms with E-state index in [2.05, 4.69) is 69.3 Å². The molecule has 218 valence electrons. The number of carbonyl (C=O) groups excluding carboxylic acids is 2. The molecule has 4 aromatic rings. The van der Waals surface area contributed by atoms with Gasteiger partial charge >= 0.3 is 0 Å². The van der Waals surface area contributed by atoms with Gasteiger partial charge in [0.15, 0.2) is 0 Å². The fourth-order valence-corrected chi connectivity index (χ4v) is 6.30. The van der Waals surface area contributed by atoms with Gasteiger partial charge in [-0.05, 0) is 53.7 Å². The second-order valence-electron chi connectivity index (χ2n) is 11.0. The Morgan fingerprint density at radius 1 is 1.19 bits per heavy atom. The number of hydrogen-bond donors (Lipinski definition) is 3. The Kier molecular flexibility index (Phi) is 8.18. The second kappa shape index (κ2) is 12.3. The highest BCUT2D eigenvalue weighted by Gasteiger charge is 2.30. The van der Waals surface area contributed by atoms with Gasteiger partial charge < -0.3 is 14.2 Å². The molecular formula is C32H36N6O4. The lowest BCUT2D eigenvalue weighted by Gasteiger charge is -2.30. The van der Waals surface area contributed by atoms with Crippen LogP contribution in [-0.4, -0.2) is 74.4 Å². The molecule has 1 aliphatic heterocycles. The molecule has 10 nitrogen and oxygen atoms in total. The molecule has 0 bridgehead atoms. The molecule has 2 aliphatic rings. The molecule has 3 heterocycles. The fourth-order valence-electron chi connectivity index (χ4n) is 6.30. The number of H-pyrrole nitrogens is 1. The second-order valence-corrected chi connectivity index (χ2v) is 11.0. The largest absolute Gasteiger partial charge is 0.378 e. The summed E-state index contributed by atoms with van der Waals surface area (Å²) in [5, 5.41) is 17.3. The van der Waals surface area contributed by atoms with E-state index < -0.39 is 5.91 Å². The molecule has 0 saturated carbocycles. The predicted molar refractivity (Wildman–Crippen MR) is 159 cm³/mol. The molecular weight excluding hydrogens is 532 g/mol. The molecule has 2 amide bonds. The molecule has 3 N–H and O–H groups in total. The summed E-state index contributed by atoms with van der Waals surface area (Å²) in [6.45, 7) is 3.66. The van der Waals surface area contributed by atoms with Crippen molar-refractivity contribution in [1.29, 1.82) is 0 Å². The lowest BCUT2D eigenvalue weighted by atomic mass is 10.0. The molecule has 1 atom stereocenters. The first kappa shape index (κ1) is 27.9. The number of hydrogen-bond acceptors (Lipinski definition) is 6. The number of hydroxylamine groups is 1. The van der Waals surface area contributed by atoms with Crippen molar-refractivity contribution in [3.05, 3.63) is 94.4 Å². The van der Waals surface area contributed by atoms with Crippen molar-refractivity contribution in [1.82, 2.24) is 30.0 Å². The average molecular weight is 569 g/mol. The number of amides is 2. The van der Waals surface area contributed by atoms with Crippen molar-refractivity contribution in [2.45, 2.75) is 31.8 Å². The maximum atomic E-state index is 13.4. The van der Waals surface area contributed by atoms with Gasteiger partial charge in [-0.1, -0.05) is 36.4 Å². The normalized spacial score (nSPS) is 16.9. The fraction of sp³-hybridized carbons (Fsp3) is 0.344. The zero-order chi connectivity index (χ0) is 29.1. The Morgan fingerprint density at radius 3 is 2.86 bits per heavy atom. The molecule has 42 heavy (non-hydrogen) atoms. The Balaban J connectivity index is 1.28. The molecule has 10 heteroatoms. The topological polar surface area (TPSA) is 116 Å². The van der Waals surface area contributed by atoms with Crippen molar-refractivity contribution in [2.24, 2.45) is 7.05 Å². The first-order valence-electron chi connectivity index (χ1n) is 14.4. The number of rotatable bonds is 9. The van der Waals surface area contributed by atoms with Gasteiger partial charge in [0.05, 0.1) is 19.4 Å². The van der Waals surface area contributed by atoms with Crippen LogP contribution in [0.2, 0.25) is 0 Å². The zero-order valence-electron chi connectivity index (χ0n) is 23.8. The molecule has 6 rings (SSSR count). The third-order valence-electron chi connectivity index (χ3n) is 8.44. The molecule has 1 saturated heterocycles. The number of aromatic amines is 1. The molecule has 2 aromatic carbocycles. The molecule has 1 unspecified atom stereocenters. The lowest BCUT2D eigenvalue weighted by Crippen LogP contribution is -2.41. The first-order chi connectivity index (χ1) is 20.5. The van der Waals surface area contributed by atoms with E-state index in [1.165, 1.54) is 33.7 Å². The standard InChI is InChI=1S/C32H36N6O4/c1-36-20-24(26-4-2-3-5-28(26)36)12-13-38(21-25-19-33-34-31(25)32(40)37-14-16-42-17-15-37)29-10-8-23-18-22(6-9-27(23)29)7-11-30(39)35-41/h2-7,9,11,18-20,29,41H,8,10,12-17,21H2,1H3,(H,33,34)(H,35,39)/b11-7+. The van der Waals surface area contributed by atoms with Crippen molar-refractivity contribution in [3.8, 4) is 0 Å². The van der Waals surface area contributed by atoms with E-state index in [0.29, 0.717) is 38.5 Å². The maximum Gasteiger partial charge on any atom is 0.272 e. The maximum absolute atomic E-state index is 13.4. The average Bonchev–Trinajstić information content (AvgIpc) is 3.75. The number of aryl methyl sites for hydroxylation is 2. The van der Waals surface area contributed by atoms with Gasteiger partial charge in [0.25, 0.3) is 11.8 Å². The number of nitrogens with one attached hydrogen (secondary N) is 2. The third kappa shape index (κ3) is 5.74. The van der Waals surface area contributed by atoms with Crippen LogP contribution >= 0.6 is 0 Å². The number of nitrogens with zero attached hydrogens (tertiary/aromatic N) is 4. The highest BCUT2D eigenvalue weighted by atomic mass is 16.5. The van der Waals surface area contributed by atoms with Crippen LogP contribution in [0.1, 0.15) is 50.8 Å². The number of morpholine rings is 1. The van der Waals surface area contributed by atoms with Gasteiger partial charge in [0.2, 0.25) is 0 Å². The van der Waals surface area contributed by atoms with Crippen LogP contribution in [0.15, 0.2) is 60.9 Å². The summed E-state index contributed by atoms with van der Waals surface area (Å²) in [4.78, 5) is 29.2. The lowest BCUT2D eigenvalue weighted by molar-refractivity contribution is -0.124. The minimum absolute atomic E-state index is 0.0324. The van der Waals surface area contributed by atoms with E-state index in [1.807, 2.05) is 11.0 Å². The van der Waals surface area contributed by atoms with E-state index >= 15 is 0 Å². The van der Waals surface area contributed by atoms with Crippen LogP contribution < -0.4 is 5.48 Å². The highest BCUT2D eigenvalue weighted by molar-refractivity contribution is 5.93. The first-order valence-corrected chi connectivity index (χ1v) is 14.4. The van der Waals surface area contributed by atoms with E-state index in [-0.39, 0.29) is 11.9 Å². The monoisotopic (exact) mass is 568 g/mol. The smallest absolute Gasteiger partial charge is 0.272 e. The summed E-state index contributed by atoms with van der Waals surface area (Å²) in [5.41, 5.74) is 9.02. The molecule has 1 aliphatic carbocycles. The van der Waals surface area contributed by atoms with E-state index in [4.69, 9.17) is 9.94 Å². The van der Waals surface area contributed by atoms with Crippen LogP contribution in [-0.2, 0) is 36.0 Å². The van der Waals surface area contributed by atoms with Crippen LogP contribution in [0.25, 0.3) is 17.0 Å². The van der Waals surface area contributed by atoms with Gasteiger partial charge in [0.1, 0.15) is 5.69 Å². The van der Waals surface area contributed by atoms with E-state index in [0.717, 1.165) is 36.9 Å². The summed E-state index contributed by atoms with van der Waals surface area (Å²) < 4.78 is 7.63. The van der Waals surface area contributed by atoms with Crippen molar-refractivity contribution in [2.75, 3.05) is 32.8 Å². The van der Waals surface area contributed by atoms with Gasteiger partial charge in [-0.2, -0.15) is 5.10 Å². The van der Waals surface area contributed by atoms with E-state index in [9.17, 15) is 9.59 Å². The van der Waals surface area contributed by atoms with Gasteiger partial charge in [-0.3, -0.25) is 24.8 Å². The summed E-state index contributed by atoms with van der Waals surface area (Å²) >= 11 is 0. The Morgan fingerprint density at radius 2 is 2.02 bits per heavy atom. The van der Waals surface area contributed by atoms with Gasteiger partial charge in [-0.25, -0.2) is 5.48 Å². The zero-order valence-corrected chi connectivity index (χ0v) is 23.8. The molecule has 0 spiro atoms. The number of carbonyl (C=O) groups is 2. The number of fused-ring (bicyclic) bond motifs is 2. The van der Waals surface area contributed by atoms with E-state index in [1.54, 1.807) is 17.8 Å². The third-order valence-corrected chi connectivity index (χ3v) is 8.44. The Hall–Kier alpha value is -4.25. The Labute approximate surface area is 244 Å². The minimum atomic E-state index is -0.560. The van der Waals surface area contributed by atoms with Crippen molar-refractivity contribution in [3.63, 3.8) is 0 Å². The van der Waals surface area contributed by atoms with Crippen molar-refractivity contribution < 1.29 is 19.5 Å². The number of aromatic nitrogens is 3. The highest BCUT2D eigenvalue weighted by Crippen LogP contribution is 2.38. The number of benzene rings is 2. The van der Waals surface area contributed by atoms with Crippen LogP contribution in [0.3, 0.4) is 0 Å². The summed E-state index contributed by atoms with van der Waals surface area (Å²) in [5.74, 6) is -0.592. The summed E-state index contributed by atoms with van der Waals surface area (Å²) in [6, 6.07) is 14.9. The molecule has 0 radical (unpaired) electrons. The molecule has 2 aromatic heterocycles. The SMILES string of the molecule is Cn1cc(CCN(Cc2cn[nH]c2C(=O)N2CCOCC2)C2CCc3cc(/C=C/C(=O)NO)ccc32)c2ccccc21. The summed E-state index contributed by atoms with van der Waals surface area (Å²) in [6.07, 6.45) is 9.77. The quantitative estimate of drug-likeness (QED) is 0.161. The van der Waals surface area contributed by atoms with Gasteiger partial charge in [-0.15, -0.1) is 0 Å². The van der Waals surface area contributed by atoms with Crippen LogP contribution in [0.4, 0.5) is 0 Å². The number of ether oxygens (including phenoxy) is 1. The van der Waals surface area contributed by atoms with Crippen molar-refractivity contribution >= 4 is 28.8 Å². The van der Waals surface area contributed by atoms with Gasteiger partial charge in [0, 0.05) is 68.0 Å². The summed E-state index contributed by atoms with van der Waals surface area (Å²) in [7, 11) is 2.09. The number of para-hydroxylation sites is 1. The Bertz CT molecular complexity index is 1620. The van der Waals surface area contributed by atoms with Crippen LogP contribution in [0.5, 0.6) is 0 Å². The predicted octanol–water partition coefficient (Wildman–Crippen LogP) is 3.62. The minimum Gasteiger partial charge on any atom is -0.378 e.